The Bertz CT molecular complexity index is 645. The molecule has 2 aliphatic carbocycles. The highest BCUT2D eigenvalue weighted by Gasteiger charge is 2.39. The number of carbonyl (C=O) groups is 1. The van der Waals surface area contributed by atoms with E-state index in [1.165, 1.54) is 19.3 Å². The van der Waals surface area contributed by atoms with E-state index in [2.05, 4.69) is 25.5 Å². The van der Waals surface area contributed by atoms with Gasteiger partial charge >= 0.3 is 16.3 Å². The lowest BCUT2D eigenvalue weighted by Crippen LogP contribution is -2.53. The Hall–Kier alpha value is -0.820. The summed E-state index contributed by atoms with van der Waals surface area (Å²) in [6.45, 7) is 6.96. The lowest BCUT2D eigenvalue weighted by Gasteiger charge is -2.41. The Morgan fingerprint density at radius 2 is 1.69 bits per heavy atom. The third kappa shape index (κ3) is 5.87. The van der Waals surface area contributed by atoms with Crippen LogP contribution in [0.4, 0.5) is 4.79 Å². The fraction of sp³-hybridized carbons (Fsp3) is 0.955. The number of hydrogen-bond donors (Lipinski definition) is 1. The Morgan fingerprint density at radius 1 is 1.00 bits per heavy atom. The van der Waals surface area contributed by atoms with Gasteiger partial charge in [-0.3, -0.25) is 0 Å². The fourth-order valence-electron chi connectivity index (χ4n) is 5.79. The van der Waals surface area contributed by atoms with E-state index >= 15 is 0 Å². The van der Waals surface area contributed by atoms with Gasteiger partial charge in [0.15, 0.2) is 0 Å². The number of hydrogen-bond acceptors (Lipinski definition) is 4. The molecule has 6 nitrogen and oxygen atoms in total. The van der Waals surface area contributed by atoms with Crippen molar-refractivity contribution in [3.05, 3.63) is 0 Å². The first-order chi connectivity index (χ1) is 13.8. The van der Waals surface area contributed by atoms with E-state index in [4.69, 9.17) is 4.74 Å². The van der Waals surface area contributed by atoms with Crippen molar-refractivity contribution in [1.29, 1.82) is 0 Å². The first kappa shape index (κ1) is 22.9. The van der Waals surface area contributed by atoms with Gasteiger partial charge in [0.05, 0.1) is 0 Å². The van der Waals surface area contributed by atoms with Gasteiger partial charge in [0, 0.05) is 12.6 Å². The van der Waals surface area contributed by atoms with Gasteiger partial charge in [-0.15, -0.1) is 0 Å². The van der Waals surface area contributed by atoms with Crippen molar-refractivity contribution >= 4 is 16.3 Å². The fourth-order valence-corrected chi connectivity index (χ4v) is 7.17. The van der Waals surface area contributed by atoms with Crippen LogP contribution in [0.5, 0.6) is 0 Å². The molecule has 3 aliphatic rings. The second kappa shape index (κ2) is 9.99. The molecule has 3 rings (SSSR count). The second-order valence-corrected chi connectivity index (χ2v) is 11.6. The maximum atomic E-state index is 13.1. The molecule has 1 amide bonds. The number of nitrogens with one attached hydrogen (secondary N) is 1. The van der Waals surface area contributed by atoms with E-state index in [0.29, 0.717) is 30.2 Å². The summed E-state index contributed by atoms with van der Waals surface area (Å²) in [5.74, 6) is 1.62. The predicted octanol–water partition coefficient (Wildman–Crippen LogP) is 4.85. The summed E-state index contributed by atoms with van der Waals surface area (Å²) in [5.41, 5.74) is 0. The van der Waals surface area contributed by atoms with E-state index < -0.39 is 16.3 Å². The summed E-state index contributed by atoms with van der Waals surface area (Å²) in [7, 11) is -3.87. The van der Waals surface area contributed by atoms with Crippen molar-refractivity contribution in [1.82, 2.24) is 9.03 Å². The topological polar surface area (TPSA) is 75.7 Å². The molecule has 1 aliphatic heterocycles. The number of nitrogens with zero attached hydrogens (tertiary/aromatic N) is 1. The minimum absolute atomic E-state index is 0.0208. The predicted molar refractivity (Wildman–Crippen MR) is 115 cm³/mol. The third-order valence-corrected chi connectivity index (χ3v) is 8.93. The maximum Gasteiger partial charge on any atom is 0.422 e. The molecule has 29 heavy (non-hydrogen) atoms. The lowest BCUT2D eigenvalue weighted by atomic mass is 9.75. The first-order valence-corrected chi connectivity index (χ1v) is 13.2. The molecule has 0 aromatic carbocycles. The van der Waals surface area contributed by atoms with Crippen LogP contribution < -0.4 is 4.72 Å². The molecule has 0 bridgehead atoms. The smallest absolute Gasteiger partial charge is 0.422 e. The van der Waals surface area contributed by atoms with Crippen molar-refractivity contribution in [2.45, 2.75) is 104 Å². The van der Waals surface area contributed by atoms with Crippen molar-refractivity contribution < 1.29 is 17.9 Å². The number of amides is 1. The molecular weight excluding hydrogens is 388 g/mol. The van der Waals surface area contributed by atoms with Gasteiger partial charge in [-0.1, -0.05) is 52.9 Å². The second-order valence-electron chi connectivity index (χ2n) is 9.95. The van der Waals surface area contributed by atoms with Crippen LogP contribution >= 0.6 is 0 Å². The molecule has 0 aromatic heterocycles. The van der Waals surface area contributed by atoms with Crippen molar-refractivity contribution in [2.24, 2.45) is 23.7 Å². The van der Waals surface area contributed by atoms with Gasteiger partial charge < -0.3 is 4.74 Å². The summed E-state index contributed by atoms with van der Waals surface area (Å²) < 4.78 is 35.7. The van der Waals surface area contributed by atoms with E-state index in [1.807, 2.05) is 0 Å². The summed E-state index contributed by atoms with van der Waals surface area (Å²) >= 11 is 0. The van der Waals surface area contributed by atoms with Gasteiger partial charge in [0.2, 0.25) is 0 Å². The average molecular weight is 429 g/mol. The molecule has 1 unspecified atom stereocenters. The van der Waals surface area contributed by atoms with E-state index in [0.717, 1.165) is 51.4 Å². The number of rotatable bonds is 5. The highest BCUT2D eigenvalue weighted by molar-refractivity contribution is 7.87. The molecule has 1 heterocycles. The summed E-state index contributed by atoms with van der Waals surface area (Å²) in [5, 5.41) is 0. The quantitative estimate of drug-likeness (QED) is 0.679. The van der Waals surface area contributed by atoms with Crippen LogP contribution in [0.25, 0.3) is 0 Å². The van der Waals surface area contributed by atoms with Crippen LogP contribution in [0, 0.1) is 23.7 Å². The molecule has 168 valence electrons. The molecule has 4 atom stereocenters. The van der Waals surface area contributed by atoms with Crippen LogP contribution in [-0.4, -0.2) is 37.5 Å². The van der Waals surface area contributed by atoms with Gasteiger partial charge in [0.25, 0.3) is 0 Å². The molecule has 2 saturated carbocycles. The summed E-state index contributed by atoms with van der Waals surface area (Å²) in [6.07, 6.45) is 10.6. The number of carbonyl (C=O) groups excluding carboxylic acids is 1. The van der Waals surface area contributed by atoms with Gasteiger partial charge in [-0.2, -0.15) is 12.7 Å². The Balaban J connectivity index is 1.64. The van der Waals surface area contributed by atoms with Crippen LogP contribution in [0.3, 0.4) is 0 Å². The lowest BCUT2D eigenvalue weighted by molar-refractivity contribution is 0.00839. The van der Waals surface area contributed by atoms with E-state index in [1.54, 1.807) is 4.31 Å². The zero-order chi connectivity index (χ0) is 21.0. The maximum absolute atomic E-state index is 13.1. The van der Waals surface area contributed by atoms with Crippen LogP contribution in [0.15, 0.2) is 0 Å². The van der Waals surface area contributed by atoms with Crippen LogP contribution in [-0.2, 0) is 14.9 Å². The Kier molecular flexibility index (Phi) is 7.87. The standard InChI is InChI=1S/C22H40N2O4S/c1-16(2)19-13-12-17(3)15-21(19)28-22(25)23-29(26,27)24-14-8-7-11-20(24)18-9-5-4-6-10-18/h16-21H,4-15H2,1-3H3,(H,23,25)/t17-,19+,20?,21+/m1/s1. The molecule has 0 radical (unpaired) electrons. The van der Waals surface area contributed by atoms with Crippen molar-refractivity contribution in [3.8, 4) is 0 Å². The largest absolute Gasteiger partial charge is 0.445 e. The van der Waals surface area contributed by atoms with Crippen molar-refractivity contribution in [3.63, 3.8) is 0 Å². The molecule has 0 aromatic rings. The average Bonchev–Trinajstić information content (AvgIpc) is 2.68. The monoisotopic (exact) mass is 428 g/mol. The van der Waals surface area contributed by atoms with E-state index in [9.17, 15) is 13.2 Å². The molecule has 1 saturated heterocycles. The Labute approximate surface area is 177 Å². The van der Waals surface area contributed by atoms with Crippen LogP contribution in [0.2, 0.25) is 0 Å². The minimum Gasteiger partial charge on any atom is -0.445 e. The third-order valence-electron chi connectivity index (χ3n) is 7.43. The molecular formula is C22H40N2O4S. The Morgan fingerprint density at radius 3 is 2.38 bits per heavy atom. The molecule has 1 N–H and O–H groups in total. The van der Waals surface area contributed by atoms with Crippen LogP contribution in [0.1, 0.15) is 91.4 Å². The number of ether oxygens (including phenoxy) is 1. The molecule has 0 spiro atoms. The summed E-state index contributed by atoms with van der Waals surface area (Å²) in [4.78, 5) is 12.6. The summed E-state index contributed by atoms with van der Waals surface area (Å²) in [6, 6.07) is 0.0208. The minimum atomic E-state index is -3.87. The van der Waals surface area contributed by atoms with Gasteiger partial charge in [0.1, 0.15) is 6.10 Å². The highest BCUT2D eigenvalue weighted by atomic mass is 32.2. The van der Waals surface area contributed by atoms with Crippen molar-refractivity contribution in [2.75, 3.05) is 6.54 Å². The first-order valence-electron chi connectivity index (χ1n) is 11.8. The van der Waals surface area contributed by atoms with Gasteiger partial charge in [-0.05, 0) is 62.2 Å². The van der Waals surface area contributed by atoms with Gasteiger partial charge in [-0.25, -0.2) is 9.52 Å². The zero-order valence-corrected chi connectivity index (χ0v) is 19.3. The zero-order valence-electron chi connectivity index (χ0n) is 18.4. The SMILES string of the molecule is CC(C)[C@@H]1CC[C@@H](C)C[C@@H]1OC(=O)NS(=O)(=O)N1CCCCC1C1CCCCC1. The van der Waals surface area contributed by atoms with E-state index in [-0.39, 0.29) is 12.1 Å². The highest BCUT2D eigenvalue weighted by Crippen LogP contribution is 2.36. The molecule has 7 heteroatoms. The normalized spacial score (nSPS) is 32.8. The number of piperidine rings is 1. The molecule has 3 fully saturated rings.